The molecule has 0 spiro atoms. The molecule has 4 aromatic rings. The molecule has 34 heavy (non-hydrogen) atoms. The molecule has 176 valence electrons. The van der Waals surface area contributed by atoms with Crippen LogP contribution in [0.1, 0.15) is 52.1 Å². The number of ketones is 1. The zero-order valence-electron chi connectivity index (χ0n) is 19.1. The number of aryl methyl sites for hydroxylation is 3. The van der Waals surface area contributed by atoms with Crippen LogP contribution in [0.4, 0.5) is 11.6 Å². The molecule has 0 aliphatic heterocycles. The minimum absolute atomic E-state index is 0.00140. The SMILES string of the molecule is CCCCc1ccc2c(N)c(C(=O)c3ccc(S(=O)(=O)Nc4nc(C)cc(C)n4)cc3)sc2n1. The van der Waals surface area contributed by atoms with Crippen LogP contribution in [-0.4, -0.2) is 29.2 Å². The van der Waals surface area contributed by atoms with E-state index in [4.69, 9.17) is 5.73 Å². The zero-order valence-corrected chi connectivity index (χ0v) is 20.8. The molecule has 4 rings (SSSR count). The number of nitrogen functional groups attached to an aromatic ring is 1. The van der Waals surface area contributed by atoms with E-state index in [0.29, 0.717) is 27.5 Å². The highest BCUT2D eigenvalue weighted by Crippen LogP contribution is 2.34. The van der Waals surface area contributed by atoms with E-state index >= 15 is 0 Å². The van der Waals surface area contributed by atoms with Crippen molar-refractivity contribution in [2.24, 2.45) is 0 Å². The Morgan fingerprint density at radius 3 is 2.35 bits per heavy atom. The molecule has 0 bridgehead atoms. The number of unbranched alkanes of at least 4 members (excludes halogenated alkanes) is 1. The van der Waals surface area contributed by atoms with Gasteiger partial charge in [0.2, 0.25) is 11.7 Å². The Morgan fingerprint density at radius 2 is 1.71 bits per heavy atom. The number of rotatable bonds is 8. The summed E-state index contributed by atoms with van der Waals surface area (Å²) in [5, 5.41) is 0.755. The number of pyridine rings is 1. The standard InChI is InChI=1S/C24H25N5O3S2/c1-4-5-6-17-9-12-19-20(25)22(33-23(19)28-17)21(30)16-7-10-18(11-8-16)34(31,32)29-24-26-14(2)13-15(3)27-24/h7-13H,4-6,25H2,1-3H3,(H,26,27,29). The van der Waals surface area contributed by atoms with Crippen molar-refractivity contribution >= 4 is 49.0 Å². The average molecular weight is 496 g/mol. The van der Waals surface area contributed by atoms with Gasteiger partial charge in [0.05, 0.1) is 10.6 Å². The third-order valence-electron chi connectivity index (χ3n) is 5.28. The van der Waals surface area contributed by atoms with Crippen molar-refractivity contribution in [3.8, 4) is 0 Å². The Hall–Kier alpha value is -3.37. The van der Waals surface area contributed by atoms with Crippen molar-refractivity contribution in [3.63, 3.8) is 0 Å². The summed E-state index contributed by atoms with van der Waals surface area (Å²) in [6, 6.07) is 11.3. The minimum atomic E-state index is -3.91. The molecule has 10 heteroatoms. The first-order chi connectivity index (χ1) is 16.2. The van der Waals surface area contributed by atoms with Gasteiger partial charge in [0.25, 0.3) is 10.0 Å². The van der Waals surface area contributed by atoms with Gasteiger partial charge in [-0.15, -0.1) is 11.3 Å². The molecule has 0 saturated heterocycles. The number of benzene rings is 1. The van der Waals surface area contributed by atoms with Crippen LogP contribution < -0.4 is 10.5 Å². The van der Waals surface area contributed by atoms with E-state index in [9.17, 15) is 13.2 Å². The predicted molar refractivity (Wildman–Crippen MR) is 135 cm³/mol. The van der Waals surface area contributed by atoms with E-state index in [2.05, 4.69) is 26.6 Å². The van der Waals surface area contributed by atoms with Gasteiger partial charge in [-0.05, 0) is 69.2 Å². The maximum Gasteiger partial charge on any atom is 0.264 e. The van der Waals surface area contributed by atoms with Crippen molar-refractivity contribution in [1.82, 2.24) is 15.0 Å². The number of thiophene rings is 1. The van der Waals surface area contributed by atoms with Crippen LogP contribution >= 0.6 is 11.3 Å². The van der Waals surface area contributed by atoms with Gasteiger partial charge in [-0.1, -0.05) is 13.3 Å². The van der Waals surface area contributed by atoms with Gasteiger partial charge in [-0.25, -0.2) is 28.1 Å². The van der Waals surface area contributed by atoms with E-state index < -0.39 is 10.0 Å². The molecule has 8 nitrogen and oxygen atoms in total. The molecule has 0 atom stereocenters. The number of anilines is 2. The lowest BCUT2D eigenvalue weighted by molar-refractivity contribution is 0.104. The highest BCUT2D eigenvalue weighted by Gasteiger charge is 2.21. The number of nitrogens with zero attached hydrogens (tertiary/aromatic N) is 3. The lowest BCUT2D eigenvalue weighted by Crippen LogP contribution is -2.16. The third kappa shape index (κ3) is 4.92. The summed E-state index contributed by atoms with van der Waals surface area (Å²) in [7, 11) is -3.91. The van der Waals surface area contributed by atoms with Crippen LogP contribution in [0.25, 0.3) is 10.2 Å². The molecular weight excluding hydrogens is 470 g/mol. The zero-order chi connectivity index (χ0) is 24.5. The van der Waals surface area contributed by atoms with Crippen molar-refractivity contribution in [2.45, 2.75) is 44.9 Å². The monoisotopic (exact) mass is 495 g/mol. The molecule has 0 fully saturated rings. The van der Waals surface area contributed by atoms with Crippen LogP contribution in [-0.2, 0) is 16.4 Å². The first-order valence-electron chi connectivity index (χ1n) is 10.9. The molecule has 0 saturated carbocycles. The Labute approximate surface area is 202 Å². The van der Waals surface area contributed by atoms with Gasteiger partial charge in [0.1, 0.15) is 9.71 Å². The van der Waals surface area contributed by atoms with Crippen LogP contribution in [0.15, 0.2) is 47.4 Å². The number of carbonyl (C=O) groups is 1. The minimum Gasteiger partial charge on any atom is -0.397 e. The Bertz CT molecular complexity index is 1460. The fourth-order valence-corrected chi connectivity index (χ4v) is 5.59. The summed E-state index contributed by atoms with van der Waals surface area (Å²) in [6.45, 7) is 5.64. The van der Waals surface area contributed by atoms with Crippen molar-refractivity contribution in [2.75, 3.05) is 10.5 Å². The summed E-state index contributed by atoms with van der Waals surface area (Å²) in [6.07, 6.45) is 3.00. The van der Waals surface area contributed by atoms with Crippen molar-refractivity contribution < 1.29 is 13.2 Å². The van der Waals surface area contributed by atoms with E-state index in [1.54, 1.807) is 19.9 Å². The number of fused-ring (bicyclic) bond motifs is 1. The number of aromatic nitrogens is 3. The topological polar surface area (TPSA) is 128 Å². The highest BCUT2D eigenvalue weighted by atomic mass is 32.2. The Balaban J connectivity index is 1.58. The van der Waals surface area contributed by atoms with Crippen LogP contribution in [0.3, 0.4) is 0 Å². The molecule has 3 heterocycles. The van der Waals surface area contributed by atoms with Gasteiger partial charge in [0.15, 0.2) is 0 Å². The molecule has 1 aromatic carbocycles. The van der Waals surface area contributed by atoms with Gasteiger partial charge in [-0.3, -0.25) is 4.79 Å². The Kier molecular flexibility index (Phi) is 6.63. The Morgan fingerprint density at radius 1 is 1.03 bits per heavy atom. The molecule has 0 radical (unpaired) electrons. The second-order valence-corrected chi connectivity index (χ2v) is 10.7. The molecule has 0 unspecified atom stereocenters. The maximum absolute atomic E-state index is 13.1. The summed E-state index contributed by atoms with van der Waals surface area (Å²) < 4.78 is 27.9. The van der Waals surface area contributed by atoms with Gasteiger partial charge < -0.3 is 5.73 Å². The van der Waals surface area contributed by atoms with Crippen LogP contribution in [0.5, 0.6) is 0 Å². The number of nitrogens with one attached hydrogen (secondary N) is 1. The quantitative estimate of drug-likeness (QED) is 0.340. The van der Waals surface area contributed by atoms with Crippen LogP contribution in [0, 0.1) is 13.8 Å². The molecule has 0 aliphatic rings. The van der Waals surface area contributed by atoms with Gasteiger partial charge >= 0.3 is 0 Å². The predicted octanol–water partition coefficient (Wildman–Crippen LogP) is 4.66. The number of sulfonamides is 1. The average Bonchev–Trinajstić information content (AvgIpc) is 3.12. The van der Waals surface area contributed by atoms with Gasteiger partial charge in [0, 0.05) is 28.0 Å². The maximum atomic E-state index is 13.1. The molecular formula is C24H25N5O3S2. The highest BCUT2D eigenvalue weighted by molar-refractivity contribution is 7.92. The number of nitrogens with two attached hydrogens (primary N) is 1. The summed E-state index contributed by atoms with van der Waals surface area (Å²) in [4.78, 5) is 27.1. The number of hydrogen-bond donors (Lipinski definition) is 2. The van der Waals surface area contributed by atoms with E-state index in [1.807, 2.05) is 12.1 Å². The first kappa shape index (κ1) is 23.8. The first-order valence-corrected chi connectivity index (χ1v) is 13.2. The molecule has 3 N–H and O–H groups in total. The van der Waals surface area contributed by atoms with E-state index in [-0.39, 0.29) is 16.6 Å². The summed E-state index contributed by atoms with van der Waals surface area (Å²) >= 11 is 1.26. The largest absolute Gasteiger partial charge is 0.397 e. The molecule has 0 amide bonds. The van der Waals surface area contributed by atoms with E-state index in [0.717, 1.165) is 35.2 Å². The second kappa shape index (κ2) is 9.47. The third-order valence-corrected chi connectivity index (χ3v) is 7.74. The fourth-order valence-electron chi connectivity index (χ4n) is 3.57. The van der Waals surface area contributed by atoms with Gasteiger partial charge in [-0.2, -0.15) is 0 Å². The fraction of sp³-hybridized carbons (Fsp3) is 0.250. The van der Waals surface area contributed by atoms with Crippen LogP contribution in [0.2, 0.25) is 0 Å². The molecule has 3 aromatic heterocycles. The van der Waals surface area contributed by atoms with Crippen molar-refractivity contribution in [1.29, 1.82) is 0 Å². The number of hydrogen-bond acceptors (Lipinski definition) is 8. The summed E-state index contributed by atoms with van der Waals surface area (Å²) in [5.41, 5.74) is 9.28. The lowest BCUT2D eigenvalue weighted by atomic mass is 10.1. The second-order valence-electron chi connectivity index (χ2n) is 8.04. The summed E-state index contributed by atoms with van der Waals surface area (Å²) in [5.74, 6) is -0.272. The smallest absolute Gasteiger partial charge is 0.264 e. The number of carbonyl (C=O) groups excluding carboxylic acids is 1. The van der Waals surface area contributed by atoms with E-state index in [1.165, 1.54) is 35.6 Å². The normalized spacial score (nSPS) is 11.6. The molecule has 0 aliphatic carbocycles. The lowest BCUT2D eigenvalue weighted by Gasteiger charge is -2.08. The van der Waals surface area contributed by atoms with Crippen molar-refractivity contribution in [3.05, 3.63) is 70.0 Å².